The third-order valence-electron chi connectivity index (χ3n) is 3.82. The van der Waals surface area contributed by atoms with Crippen molar-refractivity contribution in [2.24, 2.45) is 5.41 Å². The maximum atomic E-state index is 12.3. The Morgan fingerprint density at radius 3 is 2.62 bits per heavy atom. The van der Waals surface area contributed by atoms with Crippen molar-refractivity contribution in [3.63, 3.8) is 0 Å². The van der Waals surface area contributed by atoms with Crippen molar-refractivity contribution < 1.29 is 9.59 Å². The molecule has 0 aliphatic carbocycles. The topological polar surface area (TPSA) is 55.2 Å². The van der Waals surface area contributed by atoms with E-state index in [2.05, 4.69) is 4.98 Å². The first-order valence-electron chi connectivity index (χ1n) is 6.90. The molecule has 3 rings (SSSR count). The minimum atomic E-state index is -0.596. The molecular weight excluding hydrogens is 266 g/mol. The lowest BCUT2D eigenvalue weighted by Gasteiger charge is -2.19. The molecule has 108 valence electrons. The third-order valence-corrected chi connectivity index (χ3v) is 3.82. The van der Waals surface area contributed by atoms with Gasteiger partial charge in [0.2, 0.25) is 11.8 Å². The van der Waals surface area contributed by atoms with Crippen LogP contribution in [0.25, 0.3) is 5.69 Å². The second kappa shape index (κ2) is 4.84. The zero-order valence-electron chi connectivity index (χ0n) is 12.1. The molecule has 5 heteroatoms. The van der Waals surface area contributed by atoms with Gasteiger partial charge < -0.3 is 4.57 Å². The van der Waals surface area contributed by atoms with Gasteiger partial charge in [0.05, 0.1) is 24.0 Å². The molecule has 0 unspecified atom stereocenters. The Morgan fingerprint density at radius 2 is 2.00 bits per heavy atom. The lowest BCUT2D eigenvalue weighted by molar-refractivity contribution is -0.141. The third kappa shape index (κ3) is 2.35. The Kier molecular flexibility index (Phi) is 3.12. The van der Waals surface area contributed by atoms with E-state index in [9.17, 15) is 9.59 Å². The van der Waals surface area contributed by atoms with E-state index in [1.54, 1.807) is 12.5 Å². The minimum absolute atomic E-state index is 0.104. The molecule has 0 N–H and O–H groups in total. The first-order valence-corrected chi connectivity index (χ1v) is 6.90. The predicted molar refractivity (Wildman–Crippen MR) is 77.5 cm³/mol. The summed E-state index contributed by atoms with van der Waals surface area (Å²) < 4.78 is 1.88. The number of hydrogen-bond donors (Lipinski definition) is 0. The normalized spacial score (nSPS) is 17.5. The van der Waals surface area contributed by atoms with Crippen molar-refractivity contribution in [1.82, 2.24) is 14.5 Å². The number of carbonyl (C=O) groups is 2. The fraction of sp³-hybridized carbons (Fsp3) is 0.312. The molecular formula is C16H17N3O2. The van der Waals surface area contributed by atoms with E-state index in [0.29, 0.717) is 6.54 Å². The molecule has 1 saturated heterocycles. The van der Waals surface area contributed by atoms with E-state index >= 15 is 0 Å². The number of nitrogens with zero attached hydrogens (tertiary/aromatic N) is 3. The van der Waals surface area contributed by atoms with Crippen LogP contribution in [0.1, 0.15) is 25.8 Å². The van der Waals surface area contributed by atoms with Crippen LogP contribution < -0.4 is 0 Å². The van der Waals surface area contributed by atoms with Gasteiger partial charge in [-0.1, -0.05) is 32.0 Å². The number of imide groups is 1. The van der Waals surface area contributed by atoms with Crippen LogP contribution in [0.3, 0.4) is 0 Å². The van der Waals surface area contributed by atoms with Crippen molar-refractivity contribution in [3.05, 3.63) is 48.5 Å². The highest BCUT2D eigenvalue weighted by Gasteiger charge is 2.44. The average molecular weight is 283 g/mol. The molecule has 21 heavy (non-hydrogen) atoms. The fourth-order valence-corrected chi connectivity index (χ4v) is 2.66. The molecule has 1 aliphatic heterocycles. The van der Waals surface area contributed by atoms with Crippen LogP contribution in [-0.2, 0) is 16.1 Å². The number of para-hydroxylation sites is 1. The fourth-order valence-electron chi connectivity index (χ4n) is 2.66. The van der Waals surface area contributed by atoms with Crippen LogP contribution in [0.15, 0.2) is 43.0 Å². The summed E-state index contributed by atoms with van der Waals surface area (Å²) in [6, 6.07) is 7.72. The van der Waals surface area contributed by atoms with E-state index < -0.39 is 5.41 Å². The molecule has 0 saturated carbocycles. The number of benzene rings is 1. The highest BCUT2D eigenvalue weighted by Crippen LogP contribution is 2.33. The molecule has 0 atom stereocenters. The van der Waals surface area contributed by atoms with Gasteiger partial charge in [-0.25, -0.2) is 4.98 Å². The molecule has 1 aromatic carbocycles. The first-order chi connectivity index (χ1) is 9.99. The second-order valence-corrected chi connectivity index (χ2v) is 5.94. The quantitative estimate of drug-likeness (QED) is 0.811. The number of amides is 2. The smallest absolute Gasteiger partial charge is 0.235 e. The molecule has 1 fully saturated rings. The number of imidazole rings is 1. The lowest BCUT2D eigenvalue weighted by atomic mass is 9.92. The van der Waals surface area contributed by atoms with Gasteiger partial charge in [0.25, 0.3) is 0 Å². The summed E-state index contributed by atoms with van der Waals surface area (Å²) in [4.78, 5) is 29.8. The Morgan fingerprint density at radius 1 is 1.24 bits per heavy atom. The number of likely N-dealkylation sites (tertiary alicyclic amines) is 1. The van der Waals surface area contributed by atoms with Crippen LogP contribution in [0.4, 0.5) is 0 Å². The van der Waals surface area contributed by atoms with Gasteiger partial charge in [-0.05, 0) is 11.6 Å². The second-order valence-electron chi connectivity index (χ2n) is 5.94. The Labute approximate surface area is 123 Å². The van der Waals surface area contributed by atoms with Gasteiger partial charge in [-0.3, -0.25) is 14.5 Å². The first kappa shape index (κ1) is 13.5. The maximum Gasteiger partial charge on any atom is 0.235 e. The highest BCUT2D eigenvalue weighted by molar-refractivity contribution is 6.05. The standard InChI is InChI=1S/C16H17N3O2/c1-16(2)9-14(20)19(15(16)21)10-12-5-3-4-6-13(12)18-8-7-17-11-18/h3-8,11H,9-10H2,1-2H3. The Bertz CT molecular complexity index is 689. The lowest BCUT2D eigenvalue weighted by Crippen LogP contribution is -2.32. The number of aromatic nitrogens is 2. The van der Waals surface area contributed by atoms with Crippen molar-refractivity contribution >= 4 is 11.8 Å². The summed E-state index contributed by atoms with van der Waals surface area (Å²) in [6.45, 7) is 3.93. The average Bonchev–Trinajstić information content (AvgIpc) is 3.03. The SMILES string of the molecule is CC1(C)CC(=O)N(Cc2ccccc2-n2ccnc2)C1=O. The summed E-state index contributed by atoms with van der Waals surface area (Å²) in [6.07, 6.45) is 5.53. The van der Waals surface area contributed by atoms with E-state index in [1.807, 2.05) is 48.9 Å². The molecule has 5 nitrogen and oxygen atoms in total. The van der Waals surface area contributed by atoms with E-state index in [-0.39, 0.29) is 18.2 Å². The van der Waals surface area contributed by atoms with Crippen LogP contribution in [0.2, 0.25) is 0 Å². The Balaban J connectivity index is 1.93. The van der Waals surface area contributed by atoms with Gasteiger partial charge in [0.1, 0.15) is 0 Å². The van der Waals surface area contributed by atoms with Gasteiger partial charge in [-0.15, -0.1) is 0 Å². The molecule has 2 heterocycles. The summed E-state index contributed by atoms with van der Waals surface area (Å²) in [5.41, 5.74) is 1.26. The predicted octanol–water partition coefficient (Wildman–Crippen LogP) is 2.16. The minimum Gasteiger partial charge on any atom is -0.306 e. The van der Waals surface area contributed by atoms with Gasteiger partial charge in [-0.2, -0.15) is 0 Å². The molecule has 0 radical (unpaired) electrons. The highest BCUT2D eigenvalue weighted by atomic mass is 16.2. The number of rotatable bonds is 3. The van der Waals surface area contributed by atoms with Crippen molar-refractivity contribution in [2.75, 3.05) is 0 Å². The largest absolute Gasteiger partial charge is 0.306 e. The maximum absolute atomic E-state index is 12.3. The van der Waals surface area contributed by atoms with Crippen LogP contribution in [-0.4, -0.2) is 26.3 Å². The summed E-state index contributed by atoms with van der Waals surface area (Å²) in [5.74, 6) is -0.210. The van der Waals surface area contributed by atoms with E-state index in [0.717, 1.165) is 11.3 Å². The van der Waals surface area contributed by atoms with E-state index in [4.69, 9.17) is 0 Å². The van der Waals surface area contributed by atoms with Gasteiger partial charge >= 0.3 is 0 Å². The molecule has 0 bridgehead atoms. The van der Waals surface area contributed by atoms with Crippen LogP contribution >= 0.6 is 0 Å². The van der Waals surface area contributed by atoms with Crippen molar-refractivity contribution in [2.45, 2.75) is 26.8 Å². The molecule has 1 aliphatic rings. The zero-order valence-corrected chi connectivity index (χ0v) is 12.1. The number of hydrogen-bond acceptors (Lipinski definition) is 3. The molecule has 2 aromatic rings. The molecule has 0 spiro atoms. The summed E-state index contributed by atoms with van der Waals surface area (Å²) >= 11 is 0. The van der Waals surface area contributed by atoms with E-state index in [1.165, 1.54) is 4.90 Å². The van der Waals surface area contributed by atoms with Crippen LogP contribution in [0, 0.1) is 5.41 Å². The van der Waals surface area contributed by atoms with Crippen LogP contribution in [0.5, 0.6) is 0 Å². The van der Waals surface area contributed by atoms with Gasteiger partial charge in [0, 0.05) is 18.8 Å². The van der Waals surface area contributed by atoms with Crippen molar-refractivity contribution in [3.8, 4) is 5.69 Å². The van der Waals surface area contributed by atoms with Crippen molar-refractivity contribution in [1.29, 1.82) is 0 Å². The Hall–Kier alpha value is -2.43. The monoisotopic (exact) mass is 283 g/mol. The molecule has 2 amide bonds. The summed E-state index contributed by atoms with van der Waals surface area (Å²) in [5, 5.41) is 0. The zero-order chi connectivity index (χ0) is 15.0. The number of carbonyl (C=O) groups excluding carboxylic acids is 2. The summed E-state index contributed by atoms with van der Waals surface area (Å²) in [7, 11) is 0. The van der Waals surface area contributed by atoms with Gasteiger partial charge in [0.15, 0.2) is 0 Å². The molecule has 1 aromatic heterocycles.